The van der Waals surface area contributed by atoms with Crippen molar-refractivity contribution in [1.29, 1.82) is 0 Å². The predicted molar refractivity (Wildman–Crippen MR) is 61.2 cm³/mol. The van der Waals surface area contributed by atoms with E-state index < -0.39 is 38.6 Å². The lowest BCUT2D eigenvalue weighted by molar-refractivity contribution is -0.140. The highest BCUT2D eigenvalue weighted by atomic mass is 35.5. The summed E-state index contributed by atoms with van der Waals surface area (Å²) >= 11 is 5.19. The molecule has 1 N–H and O–H groups in total. The number of rotatable bonds is 6. The van der Waals surface area contributed by atoms with Crippen molar-refractivity contribution in [1.82, 2.24) is 0 Å². The van der Waals surface area contributed by atoms with Gasteiger partial charge in [0, 0.05) is 0 Å². The number of esters is 1. The van der Waals surface area contributed by atoms with Crippen LogP contribution in [0.15, 0.2) is 16.6 Å². The van der Waals surface area contributed by atoms with Crippen molar-refractivity contribution in [3.8, 4) is 0 Å². The Balaban J connectivity index is 4.94. The van der Waals surface area contributed by atoms with E-state index in [4.69, 9.17) is 16.7 Å². The molecule has 0 amide bonds. The van der Waals surface area contributed by atoms with Crippen LogP contribution in [0.25, 0.3) is 0 Å². The van der Waals surface area contributed by atoms with Gasteiger partial charge in [-0.15, -0.1) is 16.5 Å². The van der Waals surface area contributed by atoms with Crippen molar-refractivity contribution in [3.05, 3.63) is 16.4 Å². The SMILES string of the molecule is CCS(=O)(=O)C(C)OC(=O)C(N=O)=C(O)CCl. The van der Waals surface area contributed by atoms with Crippen molar-refractivity contribution < 1.29 is 23.1 Å². The first-order valence-electron chi connectivity index (χ1n) is 4.54. The van der Waals surface area contributed by atoms with Gasteiger partial charge in [0.1, 0.15) is 5.76 Å². The second-order valence-electron chi connectivity index (χ2n) is 2.94. The van der Waals surface area contributed by atoms with Gasteiger partial charge in [-0.2, -0.15) is 0 Å². The number of aliphatic hydroxyl groups excluding tert-OH is 1. The van der Waals surface area contributed by atoms with Crippen molar-refractivity contribution >= 4 is 27.4 Å². The summed E-state index contributed by atoms with van der Waals surface area (Å²) in [6.07, 6.45) is 0. The van der Waals surface area contributed by atoms with E-state index in [0.29, 0.717) is 0 Å². The summed E-state index contributed by atoms with van der Waals surface area (Å²) in [4.78, 5) is 21.6. The molecule has 0 saturated heterocycles. The Morgan fingerprint density at radius 1 is 1.53 bits per heavy atom. The van der Waals surface area contributed by atoms with Gasteiger partial charge >= 0.3 is 5.97 Å². The smallest absolute Gasteiger partial charge is 0.365 e. The summed E-state index contributed by atoms with van der Waals surface area (Å²) in [6, 6.07) is 0. The van der Waals surface area contributed by atoms with Crippen LogP contribution in [-0.2, 0) is 19.4 Å². The lowest BCUT2D eigenvalue weighted by Gasteiger charge is -2.12. The second-order valence-corrected chi connectivity index (χ2v) is 5.78. The van der Waals surface area contributed by atoms with Crippen molar-refractivity contribution in [2.75, 3.05) is 11.6 Å². The Kier molecular flexibility index (Phi) is 6.11. The number of halogens is 1. The number of carbonyl (C=O) groups is 1. The minimum atomic E-state index is -3.59. The minimum Gasteiger partial charge on any atom is -0.508 e. The molecule has 0 aromatic rings. The molecule has 0 aliphatic carbocycles. The molecule has 0 spiro atoms. The lowest BCUT2D eigenvalue weighted by Crippen LogP contribution is -2.26. The molecule has 0 aromatic carbocycles. The third-order valence-electron chi connectivity index (χ3n) is 1.87. The average molecular weight is 286 g/mol. The fourth-order valence-electron chi connectivity index (χ4n) is 0.786. The largest absolute Gasteiger partial charge is 0.508 e. The van der Waals surface area contributed by atoms with Crippen LogP contribution in [0.4, 0.5) is 0 Å². The van der Waals surface area contributed by atoms with Crippen LogP contribution in [0.1, 0.15) is 13.8 Å². The maximum Gasteiger partial charge on any atom is 0.365 e. The quantitative estimate of drug-likeness (QED) is 0.257. The van der Waals surface area contributed by atoms with Crippen LogP contribution >= 0.6 is 11.6 Å². The highest BCUT2D eigenvalue weighted by Crippen LogP contribution is 2.12. The number of hydrogen-bond donors (Lipinski definition) is 1. The molecule has 98 valence electrons. The van der Waals surface area contributed by atoms with Crippen LogP contribution in [0.3, 0.4) is 0 Å². The van der Waals surface area contributed by atoms with Crippen molar-refractivity contribution in [3.63, 3.8) is 0 Å². The van der Waals surface area contributed by atoms with Crippen molar-refractivity contribution in [2.45, 2.75) is 19.3 Å². The van der Waals surface area contributed by atoms with E-state index >= 15 is 0 Å². The summed E-state index contributed by atoms with van der Waals surface area (Å²) in [5, 5.41) is 11.3. The maximum absolute atomic E-state index is 11.3. The molecule has 9 heteroatoms. The van der Waals surface area contributed by atoms with Gasteiger partial charge in [0.15, 0.2) is 15.3 Å². The molecule has 0 aliphatic heterocycles. The number of sulfone groups is 1. The lowest BCUT2D eigenvalue weighted by atomic mass is 10.4. The first-order chi connectivity index (χ1) is 7.80. The maximum atomic E-state index is 11.3. The van der Waals surface area contributed by atoms with E-state index in [0.717, 1.165) is 6.92 Å². The van der Waals surface area contributed by atoms with Crippen LogP contribution in [0.2, 0.25) is 0 Å². The van der Waals surface area contributed by atoms with E-state index in [1.807, 2.05) is 0 Å². The predicted octanol–water partition coefficient (Wildman–Crippen LogP) is 1.09. The molecular formula is C8H12ClNO6S. The number of allylic oxidation sites excluding steroid dienone is 1. The van der Waals surface area contributed by atoms with Gasteiger partial charge in [-0.25, -0.2) is 13.2 Å². The minimum absolute atomic E-state index is 0.226. The molecule has 0 fully saturated rings. The van der Waals surface area contributed by atoms with E-state index in [1.54, 1.807) is 0 Å². The van der Waals surface area contributed by atoms with Gasteiger partial charge in [0.05, 0.1) is 11.6 Å². The number of hydrogen-bond acceptors (Lipinski definition) is 7. The zero-order valence-corrected chi connectivity index (χ0v) is 10.8. The first kappa shape index (κ1) is 15.9. The zero-order valence-electron chi connectivity index (χ0n) is 9.21. The third-order valence-corrected chi connectivity index (χ3v) is 4.03. The molecule has 1 unspecified atom stereocenters. The zero-order chi connectivity index (χ0) is 13.6. The second kappa shape index (κ2) is 6.55. The number of aliphatic hydroxyl groups is 1. The standard InChI is InChI=1S/C8H12ClNO6S/c1-3-17(14,15)5(2)16-8(12)7(10-13)6(11)4-9/h5,11H,3-4H2,1-2H3. The molecule has 0 bridgehead atoms. The highest BCUT2D eigenvalue weighted by Gasteiger charge is 2.26. The van der Waals surface area contributed by atoms with E-state index in [2.05, 4.69) is 9.91 Å². The number of nitrogens with zero attached hydrogens (tertiary/aromatic N) is 1. The molecule has 0 aliphatic rings. The average Bonchev–Trinajstić information content (AvgIpc) is 2.29. The number of ether oxygens (including phenoxy) is 1. The number of carbonyl (C=O) groups excluding carboxylic acids is 1. The van der Waals surface area contributed by atoms with Crippen molar-refractivity contribution in [2.24, 2.45) is 5.18 Å². The molecule has 0 saturated carbocycles. The Labute approximate surface area is 103 Å². The highest BCUT2D eigenvalue weighted by molar-refractivity contribution is 7.91. The Morgan fingerprint density at radius 3 is 2.41 bits per heavy atom. The summed E-state index contributed by atoms with van der Waals surface area (Å²) in [5.74, 6) is -2.84. The van der Waals surface area contributed by atoms with Crippen LogP contribution in [0.5, 0.6) is 0 Å². The van der Waals surface area contributed by atoms with Crippen LogP contribution < -0.4 is 0 Å². The molecule has 1 atom stereocenters. The fourth-order valence-corrected chi connectivity index (χ4v) is 1.62. The summed E-state index contributed by atoms with van der Waals surface area (Å²) in [5.41, 5.74) is -2.36. The van der Waals surface area contributed by atoms with Gasteiger partial charge in [0.2, 0.25) is 5.70 Å². The molecule has 7 nitrogen and oxygen atoms in total. The van der Waals surface area contributed by atoms with Gasteiger partial charge in [-0.1, -0.05) is 6.92 Å². The van der Waals surface area contributed by atoms with Gasteiger partial charge < -0.3 is 9.84 Å². The molecule has 0 radical (unpaired) electrons. The summed E-state index contributed by atoms with van der Waals surface area (Å²) in [7, 11) is -3.59. The van der Waals surface area contributed by atoms with E-state index in [-0.39, 0.29) is 5.75 Å². The number of nitroso groups, excluding NO2 is 1. The monoisotopic (exact) mass is 285 g/mol. The van der Waals surface area contributed by atoms with Crippen LogP contribution in [0, 0.1) is 4.91 Å². The van der Waals surface area contributed by atoms with Gasteiger partial charge in [0.25, 0.3) is 0 Å². The van der Waals surface area contributed by atoms with Gasteiger partial charge in [-0.3, -0.25) is 0 Å². The normalized spacial score (nSPS) is 14.8. The Hall–Kier alpha value is -1.15. The topological polar surface area (TPSA) is 110 Å². The van der Waals surface area contributed by atoms with E-state index in [1.165, 1.54) is 6.92 Å². The Bertz CT molecular complexity index is 429. The molecular weight excluding hydrogens is 274 g/mol. The van der Waals surface area contributed by atoms with E-state index in [9.17, 15) is 18.1 Å². The third kappa shape index (κ3) is 4.31. The molecule has 0 rings (SSSR count). The van der Waals surface area contributed by atoms with Crippen LogP contribution in [-0.4, -0.2) is 36.6 Å². The Morgan fingerprint density at radius 2 is 2.06 bits per heavy atom. The summed E-state index contributed by atoms with van der Waals surface area (Å²) < 4.78 is 27.1. The fraction of sp³-hybridized carbons (Fsp3) is 0.625. The molecule has 0 aromatic heterocycles. The summed E-state index contributed by atoms with van der Waals surface area (Å²) in [6.45, 7) is 2.52. The molecule has 17 heavy (non-hydrogen) atoms. The first-order valence-corrected chi connectivity index (χ1v) is 6.79. The van der Waals surface area contributed by atoms with Gasteiger partial charge in [-0.05, 0) is 12.1 Å². The number of alkyl halides is 1. The molecule has 0 heterocycles.